The summed E-state index contributed by atoms with van der Waals surface area (Å²) in [6.07, 6.45) is 2.07. The van der Waals surface area contributed by atoms with Crippen LogP contribution in [0.4, 0.5) is 5.82 Å². The van der Waals surface area contributed by atoms with Crippen molar-refractivity contribution in [1.29, 1.82) is 0 Å². The van der Waals surface area contributed by atoms with Gasteiger partial charge in [0.05, 0.1) is 0 Å². The molecule has 5 heteroatoms. The summed E-state index contributed by atoms with van der Waals surface area (Å²) in [6, 6.07) is 3.50. The Morgan fingerprint density at radius 3 is 2.47 bits per heavy atom. The summed E-state index contributed by atoms with van der Waals surface area (Å²) in [5.74, 6) is 0.600. The van der Waals surface area contributed by atoms with Crippen LogP contribution in [0.3, 0.4) is 0 Å². The molecule has 1 N–H and O–H groups in total. The molecule has 0 saturated heterocycles. The predicted octanol–water partition coefficient (Wildman–Crippen LogP) is 2.56. The largest absolute Gasteiger partial charge is 0.364 e. The van der Waals surface area contributed by atoms with E-state index < -0.39 is 0 Å². The summed E-state index contributed by atoms with van der Waals surface area (Å²) in [5.41, 5.74) is 0.316. The van der Waals surface area contributed by atoms with Crippen LogP contribution >= 0.6 is 0 Å². The minimum atomic E-state index is -0.0803. The minimum absolute atomic E-state index is 0.0713. The lowest BCUT2D eigenvalue weighted by Gasteiger charge is -2.21. The summed E-state index contributed by atoms with van der Waals surface area (Å²) >= 11 is 0. The summed E-state index contributed by atoms with van der Waals surface area (Å²) < 4.78 is 0. The van der Waals surface area contributed by atoms with Gasteiger partial charge in [0.15, 0.2) is 5.69 Å². The molecular weight excluding hydrogens is 240 g/mol. The van der Waals surface area contributed by atoms with E-state index in [4.69, 9.17) is 0 Å². The van der Waals surface area contributed by atoms with E-state index in [0.717, 1.165) is 19.4 Å². The zero-order valence-electron chi connectivity index (χ0n) is 12.5. The third-order valence-corrected chi connectivity index (χ3v) is 2.58. The number of hydrogen-bond acceptors (Lipinski definition) is 4. The van der Waals surface area contributed by atoms with Crippen molar-refractivity contribution in [2.75, 3.05) is 18.9 Å². The molecule has 0 aliphatic carbocycles. The number of rotatable bonds is 5. The van der Waals surface area contributed by atoms with Gasteiger partial charge in [-0.05, 0) is 39.3 Å². The number of nitrogens with one attached hydrogen (secondary N) is 1. The first-order valence-corrected chi connectivity index (χ1v) is 6.71. The smallest absolute Gasteiger partial charge is 0.274 e. The molecule has 0 radical (unpaired) electrons. The van der Waals surface area contributed by atoms with E-state index in [1.807, 2.05) is 20.8 Å². The Bertz CT molecular complexity index is 408. The lowest BCUT2D eigenvalue weighted by Crippen LogP contribution is -2.29. The Labute approximate surface area is 115 Å². The molecular formula is C14H24N4O. The quantitative estimate of drug-likeness (QED) is 0.888. The molecule has 0 spiro atoms. The molecule has 1 aromatic heterocycles. The predicted molar refractivity (Wildman–Crippen MR) is 77.3 cm³/mol. The molecule has 0 aromatic carbocycles. The lowest BCUT2D eigenvalue weighted by molar-refractivity contribution is 0.0786. The molecule has 0 saturated carbocycles. The monoisotopic (exact) mass is 264 g/mol. The Balaban J connectivity index is 2.68. The number of unbranched alkanes of at least 4 members (excludes halogenated alkanes) is 1. The molecule has 19 heavy (non-hydrogen) atoms. The normalized spacial score (nSPS) is 11.2. The second kappa shape index (κ2) is 6.50. The van der Waals surface area contributed by atoms with Crippen molar-refractivity contribution in [3.63, 3.8) is 0 Å². The molecule has 0 fully saturated rings. The third-order valence-electron chi connectivity index (χ3n) is 2.58. The maximum atomic E-state index is 12.1. The highest BCUT2D eigenvalue weighted by Gasteiger charge is 2.15. The molecule has 106 valence electrons. The zero-order valence-corrected chi connectivity index (χ0v) is 12.5. The standard InChI is InChI=1S/C14H24N4O/c1-6-7-10-18(5)13(19)11-8-9-12(17-16-11)15-14(2,3)4/h8-9H,6-7,10H2,1-5H3,(H,15,17). The van der Waals surface area contributed by atoms with E-state index in [9.17, 15) is 4.79 Å². The topological polar surface area (TPSA) is 58.1 Å². The fourth-order valence-corrected chi connectivity index (χ4v) is 1.59. The minimum Gasteiger partial charge on any atom is -0.364 e. The lowest BCUT2D eigenvalue weighted by atomic mass is 10.1. The number of carbonyl (C=O) groups excluding carboxylic acids is 1. The van der Waals surface area contributed by atoms with Crippen LogP contribution in [0.1, 0.15) is 51.0 Å². The van der Waals surface area contributed by atoms with Gasteiger partial charge in [-0.2, -0.15) is 0 Å². The number of hydrogen-bond donors (Lipinski definition) is 1. The van der Waals surface area contributed by atoms with Gasteiger partial charge in [0.2, 0.25) is 0 Å². The average molecular weight is 264 g/mol. The number of amides is 1. The van der Waals surface area contributed by atoms with E-state index in [2.05, 4.69) is 22.4 Å². The van der Waals surface area contributed by atoms with Crippen LogP contribution in [-0.2, 0) is 0 Å². The van der Waals surface area contributed by atoms with Gasteiger partial charge >= 0.3 is 0 Å². The van der Waals surface area contributed by atoms with Crippen molar-refractivity contribution in [3.8, 4) is 0 Å². The summed E-state index contributed by atoms with van der Waals surface area (Å²) in [7, 11) is 1.79. The van der Waals surface area contributed by atoms with Crippen molar-refractivity contribution in [3.05, 3.63) is 17.8 Å². The number of anilines is 1. The van der Waals surface area contributed by atoms with E-state index in [1.54, 1.807) is 24.1 Å². The molecule has 1 heterocycles. The van der Waals surface area contributed by atoms with Gasteiger partial charge < -0.3 is 10.2 Å². The Kier molecular flexibility index (Phi) is 5.27. The summed E-state index contributed by atoms with van der Waals surface area (Å²) in [6.45, 7) is 8.99. The highest BCUT2D eigenvalue weighted by atomic mass is 16.2. The third kappa shape index (κ3) is 5.24. The van der Waals surface area contributed by atoms with Crippen LogP contribution in [0.2, 0.25) is 0 Å². The van der Waals surface area contributed by atoms with Crippen molar-refractivity contribution >= 4 is 11.7 Å². The van der Waals surface area contributed by atoms with E-state index >= 15 is 0 Å². The van der Waals surface area contributed by atoms with Crippen molar-refractivity contribution < 1.29 is 4.79 Å². The maximum Gasteiger partial charge on any atom is 0.274 e. The van der Waals surface area contributed by atoms with E-state index in [0.29, 0.717) is 11.5 Å². The second-order valence-electron chi connectivity index (χ2n) is 5.76. The molecule has 5 nitrogen and oxygen atoms in total. The summed E-state index contributed by atoms with van der Waals surface area (Å²) in [4.78, 5) is 13.7. The average Bonchev–Trinajstić information content (AvgIpc) is 2.34. The molecule has 1 amide bonds. The maximum absolute atomic E-state index is 12.1. The van der Waals surface area contributed by atoms with Crippen LogP contribution in [0.25, 0.3) is 0 Å². The van der Waals surface area contributed by atoms with Crippen molar-refractivity contribution in [2.24, 2.45) is 0 Å². The molecule has 0 bridgehead atoms. The first-order valence-electron chi connectivity index (χ1n) is 6.71. The highest BCUT2D eigenvalue weighted by molar-refractivity contribution is 5.92. The van der Waals surface area contributed by atoms with E-state index in [1.165, 1.54) is 0 Å². The second-order valence-corrected chi connectivity index (χ2v) is 5.76. The molecule has 1 aromatic rings. The first kappa shape index (κ1) is 15.4. The highest BCUT2D eigenvalue weighted by Crippen LogP contribution is 2.11. The Morgan fingerprint density at radius 2 is 2.00 bits per heavy atom. The van der Waals surface area contributed by atoms with Crippen LogP contribution < -0.4 is 5.32 Å². The van der Waals surface area contributed by atoms with Gasteiger partial charge in [-0.15, -0.1) is 10.2 Å². The number of aromatic nitrogens is 2. The zero-order chi connectivity index (χ0) is 14.5. The molecule has 0 unspecified atom stereocenters. The van der Waals surface area contributed by atoms with Gasteiger partial charge in [0.25, 0.3) is 5.91 Å². The molecule has 0 aliphatic rings. The SMILES string of the molecule is CCCCN(C)C(=O)c1ccc(NC(C)(C)C)nn1. The van der Waals surface area contributed by atoms with Crippen LogP contribution in [-0.4, -0.2) is 40.1 Å². The van der Waals surface area contributed by atoms with Gasteiger partial charge in [-0.3, -0.25) is 4.79 Å². The van der Waals surface area contributed by atoms with E-state index in [-0.39, 0.29) is 11.4 Å². The number of carbonyl (C=O) groups is 1. The van der Waals surface area contributed by atoms with Gasteiger partial charge in [0, 0.05) is 19.1 Å². The molecule has 1 rings (SSSR count). The number of nitrogens with zero attached hydrogens (tertiary/aromatic N) is 3. The van der Waals surface area contributed by atoms with Gasteiger partial charge in [-0.25, -0.2) is 0 Å². The first-order chi connectivity index (χ1) is 8.83. The fraction of sp³-hybridized carbons (Fsp3) is 0.643. The molecule has 0 aliphatic heterocycles. The Hall–Kier alpha value is -1.65. The fourth-order valence-electron chi connectivity index (χ4n) is 1.59. The van der Waals surface area contributed by atoms with Crippen molar-refractivity contribution in [2.45, 2.75) is 46.1 Å². The van der Waals surface area contributed by atoms with Crippen LogP contribution in [0, 0.1) is 0 Å². The van der Waals surface area contributed by atoms with Gasteiger partial charge in [0.1, 0.15) is 5.82 Å². The molecule has 0 atom stereocenters. The van der Waals surface area contributed by atoms with Gasteiger partial charge in [-0.1, -0.05) is 13.3 Å². The summed E-state index contributed by atoms with van der Waals surface area (Å²) in [5, 5.41) is 11.2. The Morgan fingerprint density at radius 1 is 1.32 bits per heavy atom. The van der Waals surface area contributed by atoms with Crippen molar-refractivity contribution in [1.82, 2.24) is 15.1 Å². The van der Waals surface area contributed by atoms with Crippen LogP contribution in [0.5, 0.6) is 0 Å². The van der Waals surface area contributed by atoms with Crippen LogP contribution in [0.15, 0.2) is 12.1 Å².